The summed E-state index contributed by atoms with van der Waals surface area (Å²) in [5, 5.41) is 0. The molecule has 0 unspecified atom stereocenters. The molecule has 1 aromatic heterocycles. The van der Waals surface area contributed by atoms with Crippen molar-refractivity contribution < 1.29 is 22.7 Å². The van der Waals surface area contributed by atoms with Gasteiger partial charge in [-0.25, -0.2) is 18.2 Å². The van der Waals surface area contributed by atoms with Crippen molar-refractivity contribution in [2.24, 2.45) is 0 Å². The van der Waals surface area contributed by atoms with Gasteiger partial charge in [0.25, 0.3) is 0 Å². The maximum atomic E-state index is 12.9. The predicted octanol–water partition coefficient (Wildman–Crippen LogP) is 4.48. The SMILES string of the molecule is CC(C)N(CCOc1ncc(C(=O)OC(C)(C)C)cc1NS(=O)(=O)Cc1ccccc1)C(C)C. The van der Waals surface area contributed by atoms with Crippen LogP contribution in [0, 0.1) is 0 Å². The highest BCUT2D eigenvalue weighted by molar-refractivity contribution is 7.91. The number of hydrogen-bond donors (Lipinski definition) is 1. The summed E-state index contributed by atoms with van der Waals surface area (Å²) >= 11 is 0. The molecule has 9 heteroatoms. The first-order chi connectivity index (χ1) is 15.8. The molecule has 0 aliphatic heterocycles. The summed E-state index contributed by atoms with van der Waals surface area (Å²) in [6, 6.07) is 10.9. The molecular formula is C25H37N3O5S. The zero-order valence-electron chi connectivity index (χ0n) is 21.2. The van der Waals surface area contributed by atoms with E-state index in [1.165, 1.54) is 12.3 Å². The van der Waals surface area contributed by atoms with Crippen molar-refractivity contribution in [1.29, 1.82) is 0 Å². The Balaban J connectivity index is 2.28. The van der Waals surface area contributed by atoms with Crippen LogP contribution < -0.4 is 9.46 Å². The number of nitrogens with one attached hydrogen (secondary N) is 1. The number of anilines is 1. The Morgan fingerprint density at radius 2 is 1.71 bits per heavy atom. The molecule has 1 heterocycles. The molecule has 2 aromatic rings. The fourth-order valence-electron chi connectivity index (χ4n) is 3.45. The van der Waals surface area contributed by atoms with Gasteiger partial charge in [-0.05, 0) is 60.1 Å². The Morgan fingerprint density at radius 1 is 1.09 bits per heavy atom. The van der Waals surface area contributed by atoms with Gasteiger partial charge in [0.1, 0.15) is 17.9 Å². The van der Waals surface area contributed by atoms with Crippen molar-refractivity contribution >= 4 is 21.7 Å². The van der Waals surface area contributed by atoms with Gasteiger partial charge in [0, 0.05) is 24.8 Å². The second kappa shape index (κ2) is 11.7. The fraction of sp³-hybridized carbons (Fsp3) is 0.520. The molecule has 1 N–H and O–H groups in total. The van der Waals surface area contributed by atoms with Gasteiger partial charge in [-0.1, -0.05) is 30.3 Å². The lowest BCUT2D eigenvalue weighted by atomic mass is 10.2. The second-order valence-corrected chi connectivity index (χ2v) is 11.4. The quantitative estimate of drug-likeness (QED) is 0.463. The molecule has 0 saturated carbocycles. The number of esters is 1. The zero-order valence-corrected chi connectivity index (χ0v) is 22.0. The minimum Gasteiger partial charge on any atom is -0.475 e. The Morgan fingerprint density at radius 3 is 2.26 bits per heavy atom. The largest absolute Gasteiger partial charge is 0.475 e. The number of rotatable bonds is 11. The van der Waals surface area contributed by atoms with Gasteiger partial charge in [0.2, 0.25) is 15.9 Å². The first kappa shape index (κ1) is 27.6. The topological polar surface area (TPSA) is 97.8 Å². The smallest absolute Gasteiger partial charge is 0.340 e. The molecule has 0 amide bonds. The summed E-state index contributed by atoms with van der Waals surface area (Å²) in [5.41, 5.74) is 0.167. The Kier molecular flexibility index (Phi) is 9.46. The van der Waals surface area contributed by atoms with E-state index >= 15 is 0 Å². The van der Waals surface area contributed by atoms with Crippen LogP contribution in [-0.4, -0.2) is 55.1 Å². The molecule has 2 rings (SSSR count). The predicted molar refractivity (Wildman–Crippen MR) is 135 cm³/mol. The number of benzene rings is 1. The van der Waals surface area contributed by atoms with E-state index < -0.39 is 21.6 Å². The summed E-state index contributed by atoms with van der Waals surface area (Å²) in [6.07, 6.45) is 1.33. The summed E-state index contributed by atoms with van der Waals surface area (Å²) in [4.78, 5) is 19.0. The van der Waals surface area contributed by atoms with Gasteiger partial charge >= 0.3 is 5.97 Å². The number of carbonyl (C=O) groups is 1. The lowest BCUT2D eigenvalue weighted by Crippen LogP contribution is -2.39. The average Bonchev–Trinajstić information content (AvgIpc) is 2.70. The molecule has 0 bridgehead atoms. The van der Waals surface area contributed by atoms with Gasteiger partial charge in [-0.15, -0.1) is 0 Å². The molecule has 0 atom stereocenters. The molecule has 0 aliphatic rings. The van der Waals surface area contributed by atoms with Crippen LogP contribution in [0.25, 0.3) is 0 Å². The molecule has 8 nitrogen and oxygen atoms in total. The third-order valence-electron chi connectivity index (χ3n) is 4.87. The Labute approximate surface area is 203 Å². The van der Waals surface area contributed by atoms with Crippen molar-refractivity contribution in [3.63, 3.8) is 0 Å². The normalized spacial score (nSPS) is 12.3. The van der Waals surface area contributed by atoms with Gasteiger partial charge in [0.15, 0.2) is 0 Å². The lowest BCUT2D eigenvalue weighted by molar-refractivity contribution is 0.00690. The number of sulfonamides is 1. The van der Waals surface area contributed by atoms with Crippen molar-refractivity contribution in [1.82, 2.24) is 9.88 Å². The number of aromatic nitrogens is 1. The molecule has 0 fully saturated rings. The second-order valence-electron chi connectivity index (χ2n) is 9.70. The van der Waals surface area contributed by atoms with Crippen LogP contribution in [0.5, 0.6) is 5.88 Å². The molecular weight excluding hydrogens is 454 g/mol. The van der Waals surface area contributed by atoms with E-state index in [0.29, 0.717) is 30.8 Å². The van der Waals surface area contributed by atoms with Gasteiger partial charge in [-0.2, -0.15) is 0 Å². The van der Waals surface area contributed by atoms with E-state index in [0.717, 1.165) is 0 Å². The van der Waals surface area contributed by atoms with Crippen LogP contribution in [0.4, 0.5) is 5.69 Å². The molecule has 0 saturated heterocycles. The highest BCUT2D eigenvalue weighted by Gasteiger charge is 2.22. The number of ether oxygens (including phenoxy) is 2. The standard InChI is InChI=1S/C25H37N3O5S/c1-18(2)28(19(3)4)13-14-32-23-22(15-21(16-26-23)24(29)33-25(5,6)7)27-34(30,31)17-20-11-9-8-10-12-20/h8-12,15-16,18-19,27H,13-14,17H2,1-7H3. The van der Waals surface area contributed by atoms with E-state index in [1.807, 2.05) is 6.07 Å². The van der Waals surface area contributed by atoms with E-state index in [-0.39, 0.29) is 22.9 Å². The minimum absolute atomic E-state index is 0.0972. The third-order valence-corrected chi connectivity index (χ3v) is 6.11. The summed E-state index contributed by atoms with van der Waals surface area (Å²) in [7, 11) is -3.79. The highest BCUT2D eigenvalue weighted by atomic mass is 32.2. The number of carbonyl (C=O) groups excluding carboxylic acids is 1. The number of nitrogens with zero attached hydrogens (tertiary/aromatic N) is 2. The fourth-order valence-corrected chi connectivity index (χ4v) is 4.63. The number of hydrogen-bond acceptors (Lipinski definition) is 7. The van der Waals surface area contributed by atoms with Crippen LogP contribution in [0.2, 0.25) is 0 Å². The van der Waals surface area contributed by atoms with E-state index in [2.05, 4.69) is 42.3 Å². The summed E-state index contributed by atoms with van der Waals surface area (Å²) in [5.74, 6) is -0.712. The van der Waals surface area contributed by atoms with Crippen molar-refractivity contribution in [2.75, 3.05) is 17.9 Å². The molecule has 0 aliphatic carbocycles. The van der Waals surface area contributed by atoms with E-state index in [4.69, 9.17) is 9.47 Å². The molecule has 188 valence electrons. The van der Waals surface area contributed by atoms with Crippen LogP contribution >= 0.6 is 0 Å². The molecule has 1 aromatic carbocycles. The maximum absolute atomic E-state index is 12.9. The summed E-state index contributed by atoms with van der Waals surface area (Å²) < 4.78 is 39.6. The lowest BCUT2D eigenvalue weighted by Gasteiger charge is -2.30. The monoisotopic (exact) mass is 491 g/mol. The molecule has 0 spiro atoms. The van der Waals surface area contributed by atoms with E-state index in [9.17, 15) is 13.2 Å². The summed E-state index contributed by atoms with van der Waals surface area (Å²) in [6.45, 7) is 14.7. The Hall–Kier alpha value is -2.65. The van der Waals surface area contributed by atoms with E-state index in [1.54, 1.807) is 45.0 Å². The average molecular weight is 492 g/mol. The Bertz CT molecular complexity index is 1040. The first-order valence-corrected chi connectivity index (χ1v) is 13.1. The third kappa shape index (κ3) is 8.95. The minimum atomic E-state index is -3.79. The van der Waals surface area contributed by atoms with Gasteiger partial charge < -0.3 is 9.47 Å². The number of pyridine rings is 1. The van der Waals surface area contributed by atoms with Gasteiger partial charge in [-0.3, -0.25) is 9.62 Å². The van der Waals surface area contributed by atoms with Crippen molar-refractivity contribution in [3.8, 4) is 5.88 Å². The van der Waals surface area contributed by atoms with Gasteiger partial charge in [0.05, 0.1) is 11.3 Å². The van der Waals surface area contributed by atoms with Crippen LogP contribution in [0.3, 0.4) is 0 Å². The first-order valence-electron chi connectivity index (χ1n) is 11.4. The van der Waals surface area contributed by atoms with Crippen LogP contribution in [0.1, 0.15) is 64.4 Å². The maximum Gasteiger partial charge on any atom is 0.340 e. The highest BCUT2D eigenvalue weighted by Crippen LogP contribution is 2.26. The van der Waals surface area contributed by atoms with Crippen molar-refractivity contribution in [3.05, 3.63) is 53.7 Å². The van der Waals surface area contributed by atoms with Crippen LogP contribution in [-0.2, 0) is 20.5 Å². The molecule has 34 heavy (non-hydrogen) atoms. The molecule has 0 radical (unpaired) electrons. The van der Waals surface area contributed by atoms with Crippen LogP contribution in [0.15, 0.2) is 42.6 Å². The van der Waals surface area contributed by atoms with Crippen molar-refractivity contribution in [2.45, 2.75) is 71.9 Å². The zero-order chi connectivity index (χ0) is 25.5.